The van der Waals surface area contributed by atoms with Crippen LogP contribution in [-0.2, 0) is 16.6 Å². The average molecular weight is 394 g/mol. The second kappa shape index (κ2) is 7.09. The van der Waals surface area contributed by atoms with Crippen molar-refractivity contribution in [2.24, 2.45) is 0 Å². The molecule has 0 unspecified atom stereocenters. The number of hydrogen-bond acceptors (Lipinski definition) is 3. The van der Waals surface area contributed by atoms with Crippen LogP contribution in [0.25, 0.3) is 0 Å². The summed E-state index contributed by atoms with van der Waals surface area (Å²) >= 11 is 6.07. The number of rotatable bonds is 5. The lowest BCUT2D eigenvalue weighted by Crippen LogP contribution is -2.14. The van der Waals surface area contributed by atoms with Crippen molar-refractivity contribution < 1.29 is 12.8 Å². The van der Waals surface area contributed by atoms with Crippen LogP contribution in [0.1, 0.15) is 17.0 Å². The van der Waals surface area contributed by atoms with Gasteiger partial charge in [-0.2, -0.15) is 5.10 Å². The van der Waals surface area contributed by atoms with E-state index in [1.807, 2.05) is 0 Å². The van der Waals surface area contributed by atoms with Gasteiger partial charge in [-0.1, -0.05) is 35.9 Å². The van der Waals surface area contributed by atoms with E-state index in [0.29, 0.717) is 27.7 Å². The van der Waals surface area contributed by atoms with Gasteiger partial charge >= 0.3 is 0 Å². The molecule has 2 aromatic carbocycles. The molecule has 136 valence electrons. The minimum Gasteiger partial charge on any atom is -0.276 e. The first-order valence-electron chi connectivity index (χ1n) is 7.84. The topological polar surface area (TPSA) is 64.0 Å². The summed E-state index contributed by atoms with van der Waals surface area (Å²) in [6.07, 6.45) is 0. The molecule has 1 aromatic heterocycles. The Balaban J connectivity index is 1.94. The second-order valence-electron chi connectivity index (χ2n) is 5.82. The molecule has 0 saturated carbocycles. The quantitative estimate of drug-likeness (QED) is 0.708. The van der Waals surface area contributed by atoms with Crippen LogP contribution in [-0.4, -0.2) is 18.2 Å². The number of sulfonamides is 1. The number of hydrogen-bond donors (Lipinski definition) is 1. The van der Waals surface area contributed by atoms with Crippen molar-refractivity contribution in [2.45, 2.75) is 25.3 Å². The van der Waals surface area contributed by atoms with Crippen LogP contribution >= 0.6 is 11.6 Å². The van der Waals surface area contributed by atoms with Crippen molar-refractivity contribution in [3.05, 3.63) is 76.3 Å². The lowest BCUT2D eigenvalue weighted by Gasteiger charge is -2.10. The number of aryl methyl sites for hydroxylation is 1. The van der Waals surface area contributed by atoms with Crippen LogP contribution in [0, 0.1) is 19.7 Å². The maximum Gasteiger partial charge on any atom is 0.262 e. The van der Waals surface area contributed by atoms with Gasteiger partial charge in [-0.15, -0.1) is 0 Å². The summed E-state index contributed by atoms with van der Waals surface area (Å²) < 4.78 is 43.2. The van der Waals surface area contributed by atoms with Crippen molar-refractivity contribution in [1.82, 2.24) is 9.78 Å². The van der Waals surface area contributed by atoms with Crippen LogP contribution in [0.15, 0.2) is 53.4 Å². The van der Waals surface area contributed by atoms with Gasteiger partial charge in [0.05, 0.1) is 28.5 Å². The molecule has 3 rings (SSSR count). The molecule has 0 fully saturated rings. The maximum absolute atomic E-state index is 14.0. The molecule has 0 saturated heterocycles. The summed E-state index contributed by atoms with van der Waals surface area (Å²) in [5.41, 5.74) is 1.74. The maximum atomic E-state index is 14.0. The first-order valence-corrected chi connectivity index (χ1v) is 9.70. The molecule has 0 atom stereocenters. The molecule has 0 aliphatic heterocycles. The van der Waals surface area contributed by atoms with Gasteiger partial charge < -0.3 is 0 Å². The largest absolute Gasteiger partial charge is 0.276 e. The summed E-state index contributed by atoms with van der Waals surface area (Å²) in [5.74, 6) is -0.434. The Morgan fingerprint density at radius 2 is 1.81 bits per heavy atom. The summed E-state index contributed by atoms with van der Waals surface area (Å²) in [6, 6.07) is 12.5. The van der Waals surface area contributed by atoms with E-state index in [1.165, 1.54) is 28.9 Å². The molecule has 1 N–H and O–H groups in total. The number of nitrogens with one attached hydrogen (secondary N) is 1. The molecule has 0 bridgehead atoms. The highest BCUT2D eigenvalue weighted by Gasteiger charge is 2.20. The number of anilines is 1. The third kappa shape index (κ3) is 3.59. The zero-order valence-electron chi connectivity index (χ0n) is 14.2. The smallest absolute Gasteiger partial charge is 0.262 e. The van der Waals surface area contributed by atoms with Crippen LogP contribution in [0.3, 0.4) is 0 Å². The fourth-order valence-electron chi connectivity index (χ4n) is 2.62. The standard InChI is InChI=1S/C18H17ClFN3O2S/c1-12-18(22-26(24,25)14-7-4-3-5-8-14)13(2)23(21-12)11-15-16(19)9-6-10-17(15)20/h3-10,22H,11H2,1-2H3. The number of aromatic nitrogens is 2. The molecule has 3 aromatic rings. The van der Waals surface area contributed by atoms with E-state index in [4.69, 9.17) is 11.6 Å². The monoisotopic (exact) mass is 393 g/mol. The van der Waals surface area contributed by atoms with Gasteiger partial charge in [0.1, 0.15) is 5.82 Å². The highest BCUT2D eigenvalue weighted by atomic mass is 35.5. The zero-order valence-corrected chi connectivity index (χ0v) is 15.8. The Labute approximate surface area is 156 Å². The fourth-order valence-corrected chi connectivity index (χ4v) is 4.04. The summed E-state index contributed by atoms with van der Waals surface area (Å²) in [4.78, 5) is 0.156. The molecular weight excluding hydrogens is 377 g/mol. The van der Waals surface area contributed by atoms with Crippen molar-refractivity contribution in [2.75, 3.05) is 4.72 Å². The summed E-state index contributed by atoms with van der Waals surface area (Å²) in [6.45, 7) is 3.51. The number of benzene rings is 2. The first-order chi connectivity index (χ1) is 12.3. The Morgan fingerprint density at radius 1 is 1.12 bits per heavy atom. The normalized spacial score (nSPS) is 11.5. The van der Waals surface area contributed by atoms with Crippen LogP contribution < -0.4 is 4.72 Å². The molecular formula is C18H17ClFN3O2S. The summed E-state index contributed by atoms with van der Waals surface area (Å²) in [7, 11) is -3.74. The van der Waals surface area contributed by atoms with E-state index >= 15 is 0 Å². The molecule has 26 heavy (non-hydrogen) atoms. The van der Waals surface area contributed by atoms with E-state index in [0.717, 1.165) is 0 Å². The van der Waals surface area contributed by atoms with Crippen LogP contribution in [0.5, 0.6) is 0 Å². The SMILES string of the molecule is Cc1nn(Cc2c(F)cccc2Cl)c(C)c1NS(=O)(=O)c1ccccc1. The summed E-state index contributed by atoms with van der Waals surface area (Å²) in [5, 5.41) is 4.63. The van der Waals surface area contributed by atoms with Crippen molar-refractivity contribution in [3.8, 4) is 0 Å². The van der Waals surface area contributed by atoms with Gasteiger partial charge in [0.2, 0.25) is 0 Å². The predicted octanol–water partition coefficient (Wildman–Crippen LogP) is 4.14. The third-order valence-corrected chi connectivity index (χ3v) is 5.76. The van der Waals surface area contributed by atoms with E-state index in [-0.39, 0.29) is 11.4 Å². The minimum atomic E-state index is -3.74. The highest BCUT2D eigenvalue weighted by molar-refractivity contribution is 7.92. The number of nitrogens with zero attached hydrogens (tertiary/aromatic N) is 2. The molecule has 8 heteroatoms. The van der Waals surface area contributed by atoms with E-state index in [9.17, 15) is 12.8 Å². The highest BCUT2D eigenvalue weighted by Crippen LogP contribution is 2.26. The van der Waals surface area contributed by atoms with Crippen LogP contribution in [0.4, 0.5) is 10.1 Å². The Hall–Kier alpha value is -2.38. The van der Waals surface area contributed by atoms with Gasteiger partial charge in [-0.25, -0.2) is 12.8 Å². The first kappa shape index (κ1) is 18.4. The molecule has 5 nitrogen and oxygen atoms in total. The van der Waals surface area contributed by atoms with Gasteiger partial charge in [-0.05, 0) is 38.1 Å². The minimum absolute atomic E-state index is 0.102. The Kier molecular flexibility index (Phi) is 5.02. The molecule has 1 heterocycles. The zero-order chi connectivity index (χ0) is 18.9. The molecule has 0 aliphatic rings. The van der Waals surface area contributed by atoms with Gasteiger partial charge in [0.25, 0.3) is 10.0 Å². The van der Waals surface area contributed by atoms with Gasteiger partial charge in [0.15, 0.2) is 0 Å². The Bertz CT molecular complexity index is 1030. The predicted molar refractivity (Wildman–Crippen MR) is 99.5 cm³/mol. The van der Waals surface area contributed by atoms with Gasteiger partial charge in [-0.3, -0.25) is 9.40 Å². The fraction of sp³-hybridized carbons (Fsp3) is 0.167. The van der Waals surface area contributed by atoms with E-state index in [2.05, 4.69) is 9.82 Å². The molecule has 0 aliphatic carbocycles. The Morgan fingerprint density at radius 3 is 2.46 bits per heavy atom. The molecule has 0 amide bonds. The lowest BCUT2D eigenvalue weighted by atomic mass is 10.2. The lowest BCUT2D eigenvalue weighted by molar-refractivity contribution is 0.579. The number of halogens is 2. The van der Waals surface area contributed by atoms with Gasteiger partial charge in [0, 0.05) is 10.6 Å². The van der Waals surface area contributed by atoms with Crippen LogP contribution in [0.2, 0.25) is 5.02 Å². The molecule has 0 radical (unpaired) electrons. The van der Waals surface area contributed by atoms with E-state index < -0.39 is 15.8 Å². The van der Waals surface area contributed by atoms with Crippen molar-refractivity contribution in [3.63, 3.8) is 0 Å². The van der Waals surface area contributed by atoms with E-state index in [1.54, 1.807) is 38.1 Å². The second-order valence-corrected chi connectivity index (χ2v) is 7.91. The van der Waals surface area contributed by atoms with Crippen molar-refractivity contribution in [1.29, 1.82) is 0 Å². The molecule has 0 spiro atoms. The average Bonchev–Trinajstić information content (AvgIpc) is 2.86. The third-order valence-electron chi connectivity index (χ3n) is 4.04. The van der Waals surface area contributed by atoms with Crippen molar-refractivity contribution >= 4 is 27.3 Å².